The van der Waals surface area contributed by atoms with E-state index in [1.807, 2.05) is 18.2 Å². The van der Waals surface area contributed by atoms with E-state index < -0.39 is 0 Å². The van der Waals surface area contributed by atoms with Crippen LogP contribution in [-0.2, 0) is 11.3 Å². The van der Waals surface area contributed by atoms with Gasteiger partial charge in [0.15, 0.2) is 0 Å². The minimum atomic E-state index is -0.0996. The fraction of sp³-hybridized carbons (Fsp3) is 0.500. The van der Waals surface area contributed by atoms with Gasteiger partial charge in [0.2, 0.25) is 5.91 Å². The highest BCUT2D eigenvalue weighted by Crippen LogP contribution is 2.02. The lowest BCUT2D eigenvalue weighted by molar-refractivity contribution is -0.121. The van der Waals surface area contributed by atoms with Crippen LogP contribution in [0, 0.1) is 0 Å². The topological polar surface area (TPSA) is 71.2 Å². The molecule has 1 aromatic rings. The number of nitrogens with one attached hydrogen (secondary N) is 1. The summed E-state index contributed by atoms with van der Waals surface area (Å²) in [6.45, 7) is 1.79. The van der Waals surface area contributed by atoms with Crippen LogP contribution >= 0.6 is 0 Å². The summed E-state index contributed by atoms with van der Waals surface area (Å²) in [4.78, 5) is 17.4. The molecule has 0 aliphatic rings. The van der Waals surface area contributed by atoms with Gasteiger partial charge in [0.25, 0.3) is 0 Å². The molecule has 1 heterocycles. The summed E-state index contributed by atoms with van der Waals surface area (Å²) in [6, 6.07) is 5.91. The molecular formula is C12H20N4O. The maximum Gasteiger partial charge on any atom is 0.233 e. The lowest BCUT2D eigenvalue weighted by Gasteiger charge is -2.15. The van der Waals surface area contributed by atoms with Crippen LogP contribution in [0.5, 0.6) is 0 Å². The lowest BCUT2D eigenvalue weighted by Crippen LogP contribution is -2.29. The first-order chi connectivity index (χ1) is 8.22. The van der Waals surface area contributed by atoms with E-state index >= 15 is 0 Å². The Morgan fingerprint density at radius 2 is 2.29 bits per heavy atom. The maximum atomic E-state index is 10.9. The van der Waals surface area contributed by atoms with Gasteiger partial charge in [-0.1, -0.05) is 6.07 Å². The van der Waals surface area contributed by atoms with Gasteiger partial charge < -0.3 is 4.90 Å². The number of carbonyl (C=O) groups excluding carboxylic acids is 1. The van der Waals surface area contributed by atoms with E-state index in [4.69, 9.17) is 5.84 Å². The number of rotatable bonds is 7. The number of hydrazine groups is 1. The smallest absolute Gasteiger partial charge is 0.233 e. The van der Waals surface area contributed by atoms with E-state index in [1.165, 1.54) is 0 Å². The molecule has 5 nitrogen and oxygen atoms in total. The number of amides is 1. The van der Waals surface area contributed by atoms with Gasteiger partial charge in [-0.05, 0) is 38.6 Å². The van der Waals surface area contributed by atoms with Crippen molar-refractivity contribution in [1.82, 2.24) is 15.3 Å². The van der Waals surface area contributed by atoms with Crippen molar-refractivity contribution in [1.29, 1.82) is 0 Å². The first-order valence-corrected chi connectivity index (χ1v) is 5.80. The van der Waals surface area contributed by atoms with E-state index in [2.05, 4.69) is 22.4 Å². The quantitative estimate of drug-likeness (QED) is 0.316. The van der Waals surface area contributed by atoms with Crippen LogP contribution in [0.3, 0.4) is 0 Å². The molecule has 0 saturated heterocycles. The van der Waals surface area contributed by atoms with Gasteiger partial charge in [-0.2, -0.15) is 0 Å². The summed E-state index contributed by atoms with van der Waals surface area (Å²) >= 11 is 0. The fourth-order valence-electron chi connectivity index (χ4n) is 1.59. The van der Waals surface area contributed by atoms with Gasteiger partial charge >= 0.3 is 0 Å². The average Bonchev–Trinajstić information content (AvgIpc) is 2.35. The molecule has 5 heteroatoms. The molecule has 1 amide bonds. The minimum absolute atomic E-state index is 0.0996. The highest BCUT2D eigenvalue weighted by atomic mass is 16.2. The zero-order valence-corrected chi connectivity index (χ0v) is 10.2. The minimum Gasteiger partial charge on any atom is -0.301 e. The number of carbonyl (C=O) groups is 1. The fourth-order valence-corrected chi connectivity index (χ4v) is 1.59. The van der Waals surface area contributed by atoms with Crippen molar-refractivity contribution in [3.63, 3.8) is 0 Å². The standard InChI is InChI=1S/C12H20N4O/c1-16(9-5-3-7-12(17)15-13)10-11-6-2-4-8-14-11/h2,4,6,8H,3,5,7,9-10,13H2,1H3,(H,15,17). The Balaban J connectivity index is 2.13. The predicted octanol–water partition coefficient (Wildman–Crippen LogP) is 0.674. The molecule has 0 fully saturated rings. The van der Waals surface area contributed by atoms with Crippen LogP contribution in [-0.4, -0.2) is 29.4 Å². The van der Waals surface area contributed by atoms with E-state index in [1.54, 1.807) is 6.20 Å². The molecule has 0 saturated carbocycles. The predicted molar refractivity (Wildman–Crippen MR) is 66.8 cm³/mol. The molecule has 0 aliphatic heterocycles. The third kappa shape index (κ3) is 5.99. The van der Waals surface area contributed by atoms with E-state index in [9.17, 15) is 4.79 Å². The van der Waals surface area contributed by atoms with E-state index in [0.717, 1.165) is 31.6 Å². The monoisotopic (exact) mass is 236 g/mol. The number of hydrogen-bond donors (Lipinski definition) is 2. The Hall–Kier alpha value is -1.46. The second-order valence-corrected chi connectivity index (χ2v) is 4.08. The molecule has 0 atom stereocenters. The van der Waals surface area contributed by atoms with Crippen LogP contribution in [0.1, 0.15) is 25.0 Å². The number of hydrogen-bond acceptors (Lipinski definition) is 4. The molecule has 0 radical (unpaired) electrons. The van der Waals surface area contributed by atoms with Gasteiger partial charge in [-0.3, -0.25) is 15.2 Å². The van der Waals surface area contributed by atoms with Crippen molar-refractivity contribution in [2.75, 3.05) is 13.6 Å². The highest BCUT2D eigenvalue weighted by molar-refractivity contribution is 5.75. The van der Waals surface area contributed by atoms with Gasteiger partial charge in [0.1, 0.15) is 0 Å². The molecule has 0 aromatic carbocycles. The third-order valence-electron chi connectivity index (χ3n) is 2.51. The van der Waals surface area contributed by atoms with Crippen LogP contribution in [0.4, 0.5) is 0 Å². The largest absolute Gasteiger partial charge is 0.301 e. The molecule has 0 spiro atoms. The van der Waals surface area contributed by atoms with Gasteiger partial charge in [-0.15, -0.1) is 0 Å². The Kier molecular flexibility index (Phi) is 6.21. The van der Waals surface area contributed by atoms with Crippen molar-refractivity contribution >= 4 is 5.91 Å². The first-order valence-electron chi connectivity index (χ1n) is 5.80. The number of aromatic nitrogens is 1. The molecule has 3 N–H and O–H groups in total. The average molecular weight is 236 g/mol. The van der Waals surface area contributed by atoms with Crippen LogP contribution < -0.4 is 11.3 Å². The summed E-state index contributed by atoms with van der Waals surface area (Å²) in [5.41, 5.74) is 3.19. The lowest BCUT2D eigenvalue weighted by atomic mass is 10.2. The van der Waals surface area contributed by atoms with Crippen molar-refractivity contribution in [2.24, 2.45) is 5.84 Å². The molecule has 17 heavy (non-hydrogen) atoms. The molecule has 0 unspecified atom stereocenters. The molecule has 94 valence electrons. The first kappa shape index (κ1) is 13.6. The summed E-state index contributed by atoms with van der Waals surface area (Å²) in [7, 11) is 2.05. The third-order valence-corrected chi connectivity index (χ3v) is 2.51. The number of unbranched alkanes of at least 4 members (excludes halogenated alkanes) is 1. The summed E-state index contributed by atoms with van der Waals surface area (Å²) in [6.07, 6.45) is 4.13. The second kappa shape index (κ2) is 7.76. The van der Waals surface area contributed by atoms with Crippen molar-refractivity contribution in [3.8, 4) is 0 Å². The molecule has 1 rings (SSSR count). The zero-order valence-electron chi connectivity index (χ0n) is 10.2. The molecule has 0 bridgehead atoms. The van der Waals surface area contributed by atoms with Crippen molar-refractivity contribution < 1.29 is 4.79 Å². The molecule has 0 aliphatic carbocycles. The van der Waals surface area contributed by atoms with Gasteiger partial charge in [0.05, 0.1) is 5.69 Å². The summed E-state index contributed by atoms with van der Waals surface area (Å²) in [5.74, 6) is 4.90. The normalized spacial score (nSPS) is 10.5. The Morgan fingerprint density at radius 3 is 2.94 bits per heavy atom. The Labute approximate surface area is 102 Å². The number of nitrogens with two attached hydrogens (primary N) is 1. The van der Waals surface area contributed by atoms with Crippen LogP contribution in [0.25, 0.3) is 0 Å². The molecule has 1 aromatic heterocycles. The van der Waals surface area contributed by atoms with E-state index in [0.29, 0.717) is 6.42 Å². The van der Waals surface area contributed by atoms with Crippen molar-refractivity contribution in [2.45, 2.75) is 25.8 Å². The van der Waals surface area contributed by atoms with Crippen molar-refractivity contribution in [3.05, 3.63) is 30.1 Å². The Morgan fingerprint density at radius 1 is 1.47 bits per heavy atom. The highest BCUT2D eigenvalue weighted by Gasteiger charge is 2.02. The summed E-state index contributed by atoms with van der Waals surface area (Å²) in [5, 5.41) is 0. The SMILES string of the molecule is CN(CCCCC(=O)NN)Cc1ccccn1. The van der Waals surface area contributed by atoms with Gasteiger partial charge in [0, 0.05) is 19.2 Å². The zero-order chi connectivity index (χ0) is 12.5. The van der Waals surface area contributed by atoms with E-state index in [-0.39, 0.29) is 5.91 Å². The van der Waals surface area contributed by atoms with Crippen LogP contribution in [0.15, 0.2) is 24.4 Å². The van der Waals surface area contributed by atoms with Gasteiger partial charge in [-0.25, -0.2) is 5.84 Å². The van der Waals surface area contributed by atoms with Crippen LogP contribution in [0.2, 0.25) is 0 Å². The molecular weight excluding hydrogens is 216 g/mol. The second-order valence-electron chi connectivity index (χ2n) is 4.08. The number of nitrogens with zero attached hydrogens (tertiary/aromatic N) is 2. The number of pyridine rings is 1. The maximum absolute atomic E-state index is 10.9. The summed E-state index contributed by atoms with van der Waals surface area (Å²) < 4.78 is 0. The Bertz CT molecular complexity index is 329.